The summed E-state index contributed by atoms with van der Waals surface area (Å²) in [6, 6.07) is -1.61. The second-order valence-corrected chi connectivity index (χ2v) is 8.85. The van der Waals surface area contributed by atoms with Crippen LogP contribution in [0.5, 0.6) is 0 Å². The summed E-state index contributed by atoms with van der Waals surface area (Å²) in [4.78, 5) is 36.4. The molecule has 8 heteroatoms. The molecule has 0 fully saturated rings. The van der Waals surface area contributed by atoms with Crippen molar-refractivity contribution >= 4 is 18.0 Å². The van der Waals surface area contributed by atoms with Gasteiger partial charge in [0.25, 0.3) is 0 Å². The average molecular weight is 389 g/mol. The second kappa shape index (κ2) is 10.5. The zero-order valence-corrected chi connectivity index (χ0v) is 18.1. The molecule has 27 heavy (non-hydrogen) atoms. The van der Waals surface area contributed by atoms with Crippen molar-refractivity contribution in [2.24, 2.45) is 5.92 Å². The van der Waals surface area contributed by atoms with Crippen LogP contribution in [0.15, 0.2) is 0 Å². The maximum Gasteiger partial charge on any atom is 0.408 e. The quantitative estimate of drug-likeness (QED) is 0.486. The van der Waals surface area contributed by atoms with E-state index >= 15 is 0 Å². The van der Waals surface area contributed by atoms with Crippen molar-refractivity contribution in [3.05, 3.63) is 0 Å². The fourth-order valence-electron chi connectivity index (χ4n) is 2.15. The molecule has 0 bridgehead atoms. The van der Waals surface area contributed by atoms with Crippen LogP contribution in [-0.2, 0) is 23.8 Å². The minimum atomic E-state index is -0.998. The molecule has 2 N–H and O–H groups in total. The van der Waals surface area contributed by atoms with Crippen LogP contribution in [0, 0.1) is 5.92 Å². The highest BCUT2D eigenvalue weighted by atomic mass is 16.6. The van der Waals surface area contributed by atoms with Gasteiger partial charge in [-0.25, -0.2) is 9.59 Å². The van der Waals surface area contributed by atoms with E-state index in [1.807, 2.05) is 13.8 Å². The summed E-state index contributed by atoms with van der Waals surface area (Å²) in [6.45, 7) is 14.5. The third kappa shape index (κ3) is 12.2. The van der Waals surface area contributed by atoms with Gasteiger partial charge in [-0.15, -0.1) is 0 Å². The Balaban J connectivity index is 5.07. The van der Waals surface area contributed by atoms with E-state index in [1.54, 1.807) is 41.5 Å². The monoisotopic (exact) mass is 388 g/mol. The van der Waals surface area contributed by atoms with E-state index in [0.29, 0.717) is 6.42 Å². The van der Waals surface area contributed by atoms with Crippen molar-refractivity contribution < 1.29 is 28.6 Å². The standard InChI is InChI=1S/C19H36N2O6/c1-12(2)10-13(16(23)26-18(3,4)5)20-11-14(15(22)25-9)21-17(24)27-19(6,7)8/h12-14,20H,10-11H2,1-9H3,(H,21,24)/t13-,14-/m0/s1. The summed E-state index contributed by atoms with van der Waals surface area (Å²) in [6.07, 6.45) is -0.215. The Hall–Kier alpha value is -1.83. The summed E-state index contributed by atoms with van der Waals surface area (Å²) in [5.74, 6) is -0.816. The fraction of sp³-hybridized carbons (Fsp3) is 0.842. The summed E-state index contributed by atoms with van der Waals surface area (Å²) < 4.78 is 15.3. The van der Waals surface area contributed by atoms with Crippen LogP contribution in [0.3, 0.4) is 0 Å². The molecule has 1 amide bonds. The van der Waals surface area contributed by atoms with Gasteiger partial charge in [-0.2, -0.15) is 0 Å². The maximum atomic E-state index is 12.4. The molecule has 0 spiro atoms. The third-order valence-corrected chi connectivity index (χ3v) is 3.14. The van der Waals surface area contributed by atoms with E-state index in [0.717, 1.165) is 0 Å². The molecule has 0 radical (unpaired) electrons. The first-order chi connectivity index (χ1) is 12.1. The van der Waals surface area contributed by atoms with Crippen LogP contribution in [0.4, 0.5) is 4.79 Å². The number of carbonyl (C=O) groups is 3. The van der Waals surface area contributed by atoms with Gasteiger partial charge >= 0.3 is 18.0 Å². The Morgan fingerprint density at radius 2 is 1.37 bits per heavy atom. The van der Waals surface area contributed by atoms with Crippen LogP contribution in [0.1, 0.15) is 61.8 Å². The van der Waals surface area contributed by atoms with Gasteiger partial charge in [0.1, 0.15) is 23.3 Å². The highest BCUT2D eigenvalue weighted by molar-refractivity contribution is 5.82. The number of esters is 2. The number of hydrogen-bond acceptors (Lipinski definition) is 7. The van der Waals surface area contributed by atoms with Gasteiger partial charge in [-0.1, -0.05) is 13.8 Å². The SMILES string of the molecule is COC(=O)[C@H](CN[C@@H](CC(C)C)C(=O)OC(C)(C)C)NC(=O)OC(C)(C)C. The number of carbonyl (C=O) groups excluding carboxylic acids is 3. The maximum absolute atomic E-state index is 12.4. The molecule has 2 atom stereocenters. The Morgan fingerprint density at radius 1 is 0.852 bits per heavy atom. The van der Waals surface area contributed by atoms with Crippen molar-refractivity contribution in [3.63, 3.8) is 0 Å². The van der Waals surface area contributed by atoms with Crippen LogP contribution in [0.25, 0.3) is 0 Å². The molecule has 0 aliphatic rings. The van der Waals surface area contributed by atoms with Gasteiger partial charge in [0.2, 0.25) is 0 Å². The first-order valence-corrected chi connectivity index (χ1v) is 9.18. The van der Waals surface area contributed by atoms with E-state index in [9.17, 15) is 14.4 Å². The van der Waals surface area contributed by atoms with Crippen molar-refractivity contribution in [1.82, 2.24) is 10.6 Å². The van der Waals surface area contributed by atoms with Gasteiger partial charge < -0.3 is 24.8 Å². The van der Waals surface area contributed by atoms with E-state index in [2.05, 4.69) is 10.6 Å². The van der Waals surface area contributed by atoms with Gasteiger partial charge in [0.15, 0.2) is 0 Å². The van der Waals surface area contributed by atoms with Gasteiger partial charge in [-0.05, 0) is 53.9 Å². The molecular weight excluding hydrogens is 352 g/mol. The lowest BCUT2D eigenvalue weighted by molar-refractivity contribution is -0.158. The molecule has 0 saturated carbocycles. The first kappa shape index (κ1) is 25.2. The lowest BCUT2D eigenvalue weighted by Gasteiger charge is -2.27. The van der Waals surface area contributed by atoms with Crippen molar-refractivity contribution in [2.45, 2.75) is 85.1 Å². The lowest BCUT2D eigenvalue weighted by Crippen LogP contribution is -2.53. The predicted molar refractivity (Wildman–Crippen MR) is 102 cm³/mol. The molecule has 0 saturated heterocycles. The highest BCUT2D eigenvalue weighted by Crippen LogP contribution is 2.13. The minimum absolute atomic E-state index is 0.00253. The molecule has 0 unspecified atom stereocenters. The molecule has 0 heterocycles. The van der Waals surface area contributed by atoms with Gasteiger partial charge in [-0.3, -0.25) is 4.79 Å². The largest absolute Gasteiger partial charge is 0.467 e. The predicted octanol–water partition coefficient (Wildman–Crippen LogP) is 2.40. The molecule has 0 aromatic carbocycles. The zero-order valence-electron chi connectivity index (χ0n) is 18.1. The lowest BCUT2D eigenvalue weighted by atomic mass is 10.0. The number of methoxy groups -OCH3 is 1. The van der Waals surface area contributed by atoms with E-state index < -0.39 is 41.3 Å². The number of amides is 1. The van der Waals surface area contributed by atoms with Crippen LogP contribution >= 0.6 is 0 Å². The molecule has 0 aromatic heterocycles. The molecule has 8 nitrogen and oxygen atoms in total. The zero-order chi connectivity index (χ0) is 21.4. The van der Waals surface area contributed by atoms with E-state index in [4.69, 9.17) is 14.2 Å². The fourth-order valence-corrected chi connectivity index (χ4v) is 2.15. The number of alkyl carbamates (subject to hydrolysis) is 1. The third-order valence-electron chi connectivity index (χ3n) is 3.14. The summed E-state index contributed by atoms with van der Waals surface area (Å²) >= 11 is 0. The number of ether oxygens (including phenoxy) is 3. The van der Waals surface area contributed by atoms with Crippen molar-refractivity contribution in [1.29, 1.82) is 0 Å². The summed E-state index contributed by atoms with van der Waals surface area (Å²) in [5, 5.41) is 5.48. The second-order valence-electron chi connectivity index (χ2n) is 8.85. The Bertz CT molecular complexity index is 505. The normalized spacial score (nSPS) is 14.3. The molecule has 0 aromatic rings. The van der Waals surface area contributed by atoms with Crippen molar-refractivity contribution in [2.75, 3.05) is 13.7 Å². The van der Waals surface area contributed by atoms with Crippen LogP contribution in [0.2, 0.25) is 0 Å². The summed E-state index contributed by atoms with van der Waals surface area (Å²) in [7, 11) is 1.23. The Labute approximate surface area is 162 Å². The van der Waals surface area contributed by atoms with Crippen LogP contribution < -0.4 is 10.6 Å². The first-order valence-electron chi connectivity index (χ1n) is 9.18. The molecule has 158 valence electrons. The molecule has 0 aliphatic carbocycles. The van der Waals surface area contributed by atoms with E-state index in [1.165, 1.54) is 7.11 Å². The smallest absolute Gasteiger partial charge is 0.408 e. The van der Waals surface area contributed by atoms with Crippen molar-refractivity contribution in [3.8, 4) is 0 Å². The topological polar surface area (TPSA) is 103 Å². The number of rotatable bonds is 8. The molecular formula is C19H36N2O6. The number of hydrogen-bond donors (Lipinski definition) is 2. The minimum Gasteiger partial charge on any atom is -0.467 e. The summed E-state index contributed by atoms with van der Waals surface area (Å²) in [5.41, 5.74) is -1.32. The van der Waals surface area contributed by atoms with Gasteiger partial charge in [0, 0.05) is 6.54 Å². The molecule has 0 rings (SSSR count). The van der Waals surface area contributed by atoms with Crippen LogP contribution in [-0.4, -0.2) is 55.0 Å². The van der Waals surface area contributed by atoms with E-state index in [-0.39, 0.29) is 12.5 Å². The van der Waals surface area contributed by atoms with Gasteiger partial charge in [0.05, 0.1) is 7.11 Å². The highest BCUT2D eigenvalue weighted by Gasteiger charge is 2.29. The number of nitrogens with one attached hydrogen (secondary N) is 2. The molecule has 0 aliphatic heterocycles. The average Bonchev–Trinajstić information content (AvgIpc) is 2.45. The Morgan fingerprint density at radius 3 is 1.78 bits per heavy atom. The Kier molecular flexibility index (Phi) is 9.78.